The van der Waals surface area contributed by atoms with Crippen LogP contribution in [-0.2, 0) is 22.6 Å². The van der Waals surface area contributed by atoms with Gasteiger partial charge in [-0.25, -0.2) is 4.98 Å². The number of thioether (sulfide) groups is 1. The summed E-state index contributed by atoms with van der Waals surface area (Å²) in [5.74, 6) is 0.527. The third-order valence-corrected chi connectivity index (χ3v) is 8.38. The molecule has 2 aromatic carbocycles. The average Bonchev–Trinajstić information content (AvgIpc) is 3.26. The second-order valence-electron chi connectivity index (χ2n) is 8.76. The van der Waals surface area contributed by atoms with E-state index in [1.807, 2.05) is 31.2 Å². The van der Waals surface area contributed by atoms with Crippen LogP contribution in [-0.4, -0.2) is 45.7 Å². The zero-order valence-electron chi connectivity index (χ0n) is 20.7. The molecule has 10 heteroatoms. The van der Waals surface area contributed by atoms with Crippen molar-refractivity contribution in [2.75, 3.05) is 24.7 Å². The van der Waals surface area contributed by atoms with Crippen molar-refractivity contribution >= 4 is 50.8 Å². The van der Waals surface area contributed by atoms with Crippen molar-refractivity contribution in [1.29, 1.82) is 0 Å². The molecule has 0 bridgehead atoms. The lowest BCUT2D eigenvalue weighted by Gasteiger charge is -2.25. The number of methoxy groups -OCH3 is 1. The number of nitrogens with one attached hydrogen (secondary N) is 1. The van der Waals surface area contributed by atoms with Gasteiger partial charge in [-0.1, -0.05) is 36.0 Å². The lowest BCUT2D eigenvalue weighted by molar-refractivity contribution is -0.129. The molecule has 0 atom stereocenters. The third kappa shape index (κ3) is 4.99. The number of fused-ring (bicyclic) bond motifs is 3. The summed E-state index contributed by atoms with van der Waals surface area (Å²) in [6.45, 7) is 4.58. The number of amides is 2. The minimum absolute atomic E-state index is 0.0201. The van der Waals surface area contributed by atoms with E-state index >= 15 is 0 Å². The Bertz CT molecular complexity index is 1580. The van der Waals surface area contributed by atoms with Crippen molar-refractivity contribution in [2.24, 2.45) is 0 Å². The number of aromatic nitrogens is 2. The normalized spacial score (nSPS) is 12.9. The summed E-state index contributed by atoms with van der Waals surface area (Å²) in [5, 5.41) is 3.94. The molecular weight excluding hydrogens is 508 g/mol. The Morgan fingerprint density at radius 1 is 1.19 bits per heavy atom. The highest BCUT2D eigenvalue weighted by Crippen LogP contribution is 2.34. The molecule has 2 amide bonds. The minimum atomic E-state index is -0.216. The number of anilines is 1. The van der Waals surface area contributed by atoms with Crippen LogP contribution >= 0.6 is 23.1 Å². The van der Waals surface area contributed by atoms with E-state index < -0.39 is 0 Å². The van der Waals surface area contributed by atoms with Crippen molar-refractivity contribution in [3.05, 3.63) is 74.9 Å². The highest BCUT2D eigenvalue weighted by atomic mass is 32.2. The van der Waals surface area contributed by atoms with Crippen LogP contribution in [0.4, 0.5) is 5.69 Å². The van der Waals surface area contributed by atoms with E-state index in [1.165, 1.54) is 23.1 Å². The van der Waals surface area contributed by atoms with Crippen LogP contribution in [0.25, 0.3) is 15.9 Å². The number of nitrogens with zero attached hydrogens (tertiary/aromatic N) is 3. The van der Waals surface area contributed by atoms with E-state index in [0.29, 0.717) is 46.3 Å². The van der Waals surface area contributed by atoms with Crippen molar-refractivity contribution < 1.29 is 14.3 Å². The van der Waals surface area contributed by atoms with Crippen molar-refractivity contribution in [3.8, 4) is 11.4 Å². The Morgan fingerprint density at radius 2 is 2.00 bits per heavy atom. The molecule has 3 heterocycles. The van der Waals surface area contributed by atoms with Gasteiger partial charge in [0, 0.05) is 30.1 Å². The fraction of sp³-hybridized carbons (Fsp3) is 0.259. The van der Waals surface area contributed by atoms with Crippen LogP contribution in [0.2, 0.25) is 0 Å². The summed E-state index contributed by atoms with van der Waals surface area (Å²) in [5.41, 5.74) is 3.12. The van der Waals surface area contributed by atoms with Gasteiger partial charge in [0.15, 0.2) is 5.16 Å². The molecule has 0 saturated carbocycles. The first-order chi connectivity index (χ1) is 17.9. The predicted octanol–water partition coefficient (Wildman–Crippen LogP) is 4.40. The topological polar surface area (TPSA) is 93.5 Å². The predicted molar refractivity (Wildman–Crippen MR) is 147 cm³/mol. The molecule has 0 radical (unpaired) electrons. The summed E-state index contributed by atoms with van der Waals surface area (Å²) in [7, 11) is 1.57. The number of aryl methyl sites for hydroxylation is 1. The maximum absolute atomic E-state index is 14.0. The summed E-state index contributed by atoms with van der Waals surface area (Å²) in [6.07, 6.45) is 0.620. The summed E-state index contributed by atoms with van der Waals surface area (Å²) in [4.78, 5) is 47.0. The van der Waals surface area contributed by atoms with E-state index in [0.717, 1.165) is 21.7 Å². The van der Waals surface area contributed by atoms with Crippen molar-refractivity contribution in [2.45, 2.75) is 32.0 Å². The van der Waals surface area contributed by atoms with E-state index in [-0.39, 0.29) is 23.1 Å². The third-order valence-electron chi connectivity index (χ3n) is 6.33. The first-order valence-corrected chi connectivity index (χ1v) is 13.6. The molecule has 2 aromatic heterocycles. The van der Waals surface area contributed by atoms with Gasteiger partial charge in [-0.05, 0) is 42.7 Å². The molecule has 0 fully saturated rings. The number of benzene rings is 2. The van der Waals surface area contributed by atoms with Gasteiger partial charge in [0.05, 0.1) is 30.5 Å². The van der Waals surface area contributed by atoms with Crippen molar-refractivity contribution in [3.63, 3.8) is 0 Å². The van der Waals surface area contributed by atoms with Crippen LogP contribution in [0.3, 0.4) is 0 Å². The number of para-hydroxylation sites is 1. The summed E-state index contributed by atoms with van der Waals surface area (Å²) < 4.78 is 6.84. The number of hydrogen-bond donors (Lipinski definition) is 1. The Labute approximate surface area is 222 Å². The van der Waals surface area contributed by atoms with Gasteiger partial charge in [0.1, 0.15) is 10.6 Å². The van der Waals surface area contributed by atoms with Crippen LogP contribution in [0, 0.1) is 6.92 Å². The molecular formula is C27H26N4O4S2. The Balaban J connectivity index is 1.52. The summed E-state index contributed by atoms with van der Waals surface area (Å²) in [6, 6.07) is 14.8. The van der Waals surface area contributed by atoms with E-state index in [2.05, 4.69) is 5.32 Å². The lowest BCUT2D eigenvalue weighted by atomic mass is 10.1. The van der Waals surface area contributed by atoms with E-state index in [4.69, 9.17) is 9.72 Å². The first kappa shape index (κ1) is 25.0. The molecule has 0 aliphatic carbocycles. The van der Waals surface area contributed by atoms with Crippen LogP contribution in [0.15, 0.2) is 58.5 Å². The standard InChI is InChI=1S/C27H26N4O4S2/c1-16-7-4-5-10-21(16)31-26(34)24-20-11-12-30(17(2)32)14-22(20)37-25(24)29-27(31)36-15-23(33)28-18-8-6-9-19(13-18)35-3/h4-10,13H,11-12,14-15H2,1-3H3,(H,28,33). The molecule has 5 rings (SSSR count). The number of thiophene rings is 1. The van der Waals surface area contributed by atoms with Gasteiger partial charge in [0.25, 0.3) is 5.56 Å². The van der Waals surface area contributed by atoms with Crippen LogP contribution in [0.5, 0.6) is 5.75 Å². The minimum Gasteiger partial charge on any atom is -0.497 e. The Kier molecular flexibility index (Phi) is 7.03. The highest BCUT2D eigenvalue weighted by Gasteiger charge is 2.27. The van der Waals surface area contributed by atoms with E-state index in [1.54, 1.807) is 47.8 Å². The van der Waals surface area contributed by atoms with Gasteiger partial charge in [-0.3, -0.25) is 19.0 Å². The molecule has 4 aromatic rings. The van der Waals surface area contributed by atoms with Gasteiger partial charge in [0.2, 0.25) is 11.8 Å². The monoisotopic (exact) mass is 534 g/mol. The molecule has 1 N–H and O–H groups in total. The number of carbonyl (C=O) groups excluding carboxylic acids is 2. The molecule has 0 spiro atoms. The maximum Gasteiger partial charge on any atom is 0.267 e. The van der Waals surface area contributed by atoms with Crippen LogP contribution < -0.4 is 15.6 Å². The van der Waals surface area contributed by atoms with Crippen LogP contribution in [0.1, 0.15) is 22.9 Å². The zero-order valence-corrected chi connectivity index (χ0v) is 22.4. The molecule has 1 aliphatic rings. The summed E-state index contributed by atoms with van der Waals surface area (Å²) >= 11 is 2.67. The molecule has 1 aliphatic heterocycles. The van der Waals surface area contributed by atoms with Crippen molar-refractivity contribution in [1.82, 2.24) is 14.5 Å². The molecule has 37 heavy (non-hydrogen) atoms. The number of hydrogen-bond acceptors (Lipinski definition) is 7. The largest absolute Gasteiger partial charge is 0.497 e. The van der Waals surface area contributed by atoms with E-state index in [9.17, 15) is 14.4 Å². The smallest absolute Gasteiger partial charge is 0.267 e. The second kappa shape index (κ2) is 10.4. The number of rotatable bonds is 6. The first-order valence-electron chi connectivity index (χ1n) is 11.8. The quantitative estimate of drug-likeness (QED) is 0.291. The maximum atomic E-state index is 14.0. The fourth-order valence-corrected chi connectivity index (χ4v) is 6.53. The van der Waals surface area contributed by atoms with Gasteiger partial charge in [-0.2, -0.15) is 0 Å². The number of carbonyl (C=O) groups is 2. The highest BCUT2D eigenvalue weighted by molar-refractivity contribution is 7.99. The number of ether oxygens (including phenoxy) is 1. The Hall–Kier alpha value is -3.63. The second-order valence-corrected chi connectivity index (χ2v) is 10.8. The fourth-order valence-electron chi connectivity index (χ4n) is 4.44. The van der Waals surface area contributed by atoms with Gasteiger partial charge < -0.3 is 15.0 Å². The van der Waals surface area contributed by atoms with Gasteiger partial charge >= 0.3 is 0 Å². The lowest BCUT2D eigenvalue weighted by Crippen LogP contribution is -2.34. The van der Waals surface area contributed by atoms with Gasteiger partial charge in [-0.15, -0.1) is 11.3 Å². The molecule has 190 valence electrons. The SMILES string of the molecule is COc1cccc(NC(=O)CSc2nc3sc4c(c3c(=O)n2-c2ccccc2C)CCN(C(C)=O)C4)c1. The molecule has 0 unspecified atom stereocenters. The Morgan fingerprint density at radius 3 is 2.76 bits per heavy atom. The zero-order chi connectivity index (χ0) is 26.1. The average molecular weight is 535 g/mol. The molecule has 8 nitrogen and oxygen atoms in total. The molecule has 0 saturated heterocycles.